The van der Waals surface area contributed by atoms with Crippen molar-refractivity contribution in [3.63, 3.8) is 0 Å². The molecule has 0 spiro atoms. The van der Waals surface area contributed by atoms with Crippen LogP contribution in [0.15, 0.2) is 59.5 Å². The number of rotatable bonds is 5. The largest absolute Gasteiger partial charge is 0.593 e. The topological polar surface area (TPSA) is 78.9 Å². The summed E-state index contributed by atoms with van der Waals surface area (Å²) in [6, 6.07) is 17.3. The quantitative estimate of drug-likeness (QED) is 0.468. The molecule has 1 aliphatic rings. The number of hydroxylamine groups is 1. The molecule has 2 aromatic rings. The lowest BCUT2D eigenvalue weighted by molar-refractivity contribution is 0.0695. The monoisotopic (exact) mass is 387 g/mol. The first-order valence-corrected chi connectivity index (χ1v) is 10.1. The first-order chi connectivity index (χ1) is 13.0. The Balaban J connectivity index is 1.64. The molecule has 3 atom stereocenters. The van der Waals surface area contributed by atoms with Gasteiger partial charge in [-0.3, -0.25) is 14.9 Å². The molecule has 1 fully saturated rings. The van der Waals surface area contributed by atoms with Crippen LogP contribution in [0, 0.1) is 0 Å². The van der Waals surface area contributed by atoms with Crippen molar-refractivity contribution >= 4 is 17.3 Å². The summed E-state index contributed by atoms with van der Waals surface area (Å²) < 4.78 is 14.9. The van der Waals surface area contributed by atoms with Crippen molar-refractivity contribution < 1.29 is 14.6 Å². The highest BCUT2D eigenvalue weighted by atomic mass is 32.2. The van der Waals surface area contributed by atoms with E-state index in [1.165, 1.54) is 0 Å². The van der Waals surface area contributed by atoms with Gasteiger partial charge in [0.05, 0.1) is 24.5 Å². The van der Waals surface area contributed by atoms with Gasteiger partial charge in [-0.25, -0.2) is 5.48 Å². The molecule has 1 aliphatic heterocycles. The Kier molecular flexibility index (Phi) is 6.51. The van der Waals surface area contributed by atoms with Gasteiger partial charge in [-0.2, -0.15) is 0 Å². The number of nitrogens with zero attached hydrogens (tertiary/aromatic N) is 2. The van der Waals surface area contributed by atoms with Crippen LogP contribution < -0.4 is 5.48 Å². The molecule has 3 unspecified atom stereocenters. The number of nitrogens with one attached hydrogen (secondary N) is 1. The lowest BCUT2D eigenvalue weighted by Crippen LogP contribution is -2.57. The molecule has 6 nitrogen and oxygen atoms in total. The number of carbonyl (C=O) groups excluding carboxylic acids is 1. The number of carbonyl (C=O) groups is 1. The minimum Gasteiger partial charge on any atom is -0.593 e. The zero-order chi connectivity index (χ0) is 19.4. The van der Waals surface area contributed by atoms with Crippen LogP contribution in [0.4, 0.5) is 0 Å². The van der Waals surface area contributed by atoms with Crippen LogP contribution in [0.5, 0.6) is 0 Å². The molecular formula is C20H25N3O3S. The average Bonchev–Trinajstić information content (AvgIpc) is 2.70. The summed E-state index contributed by atoms with van der Waals surface area (Å²) in [6.07, 6.45) is 0. The highest BCUT2D eigenvalue weighted by molar-refractivity contribution is 7.89. The second-order valence-corrected chi connectivity index (χ2v) is 8.40. The third-order valence-electron chi connectivity index (χ3n) is 4.93. The van der Waals surface area contributed by atoms with E-state index >= 15 is 0 Å². The Bertz CT molecular complexity index is 745. The fraction of sp³-hybridized carbons (Fsp3) is 0.350. The first-order valence-electron chi connectivity index (χ1n) is 9.00. The molecule has 1 amide bonds. The maximum atomic E-state index is 12.8. The van der Waals surface area contributed by atoms with Crippen LogP contribution in [0.1, 0.15) is 29.8 Å². The summed E-state index contributed by atoms with van der Waals surface area (Å²) in [5.74, 6) is -0.514. The van der Waals surface area contributed by atoms with Gasteiger partial charge < -0.3 is 4.55 Å². The van der Waals surface area contributed by atoms with Gasteiger partial charge in [0.15, 0.2) is 4.90 Å². The zero-order valence-corrected chi connectivity index (χ0v) is 16.4. The maximum Gasteiger partial charge on any atom is 0.274 e. The molecule has 27 heavy (non-hydrogen) atoms. The molecule has 2 aromatic carbocycles. The number of benzene rings is 2. The fourth-order valence-electron chi connectivity index (χ4n) is 3.48. The summed E-state index contributed by atoms with van der Waals surface area (Å²) >= 11 is -1.14. The molecule has 0 aromatic heterocycles. The van der Waals surface area contributed by atoms with Gasteiger partial charge in [0.2, 0.25) is 0 Å². The Hall–Kier alpha value is -1.90. The van der Waals surface area contributed by atoms with Crippen molar-refractivity contribution in [3.05, 3.63) is 65.7 Å². The molecule has 144 valence electrons. The van der Waals surface area contributed by atoms with E-state index < -0.39 is 17.3 Å². The standard InChI is InChI=1S/C20H25N3O3S/c1-15-12-22(27(26)19-6-4-3-5-7-19)13-16(2)23(15)14-17-8-10-18(11-9-17)20(24)21-25/h3-11,15-16,25H,12-14H2,1-2H3,(H,21,24). The summed E-state index contributed by atoms with van der Waals surface area (Å²) in [5.41, 5.74) is 3.16. The smallest absolute Gasteiger partial charge is 0.274 e. The number of hydrogen-bond donors (Lipinski definition) is 2. The molecule has 1 saturated heterocycles. The summed E-state index contributed by atoms with van der Waals surface area (Å²) in [7, 11) is 0. The van der Waals surface area contributed by atoms with E-state index in [1.807, 2.05) is 46.8 Å². The number of piperazine rings is 1. The average molecular weight is 388 g/mol. The van der Waals surface area contributed by atoms with Gasteiger partial charge in [-0.1, -0.05) is 30.3 Å². The molecule has 2 N–H and O–H groups in total. The van der Waals surface area contributed by atoms with E-state index in [1.54, 1.807) is 17.6 Å². The van der Waals surface area contributed by atoms with E-state index in [-0.39, 0.29) is 12.1 Å². The summed E-state index contributed by atoms with van der Waals surface area (Å²) in [5, 5.41) is 8.70. The molecule has 7 heteroatoms. The SMILES string of the molecule is CC1CN([S+]([O-])c2ccccc2)CC(C)N1Cc1ccc(C(=O)NO)cc1. The van der Waals surface area contributed by atoms with Gasteiger partial charge in [0, 0.05) is 24.2 Å². The highest BCUT2D eigenvalue weighted by Crippen LogP contribution is 2.24. The van der Waals surface area contributed by atoms with E-state index in [9.17, 15) is 9.35 Å². The van der Waals surface area contributed by atoms with Crippen LogP contribution in [0.25, 0.3) is 0 Å². The number of hydrogen-bond acceptors (Lipinski definition) is 5. The Morgan fingerprint density at radius 2 is 1.70 bits per heavy atom. The predicted molar refractivity (Wildman–Crippen MR) is 105 cm³/mol. The second kappa shape index (κ2) is 8.86. The van der Waals surface area contributed by atoms with Crippen molar-refractivity contribution in [1.82, 2.24) is 14.7 Å². The summed E-state index contributed by atoms with van der Waals surface area (Å²) in [6.45, 7) is 6.53. The van der Waals surface area contributed by atoms with Gasteiger partial charge in [-0.15, -0.1) is 4.31 Å². The van der Waals surface area contributed by atoms with Crippen LogP contribution in [0.3, 0.4) is 0 Å². The fourth-order valence-corrected chi connectivity index (χ4v) is 4.87. The highest BCUT2D eigenvalue weighted by Gasteiger charge is 2.35. The predicted octanol–water partition coefficient (Wildman–Crippen LogP) is 2.42. The molecule has 0 bridgehead atoms. The van der Waals surface area contributed by atoms with Crippen molar-refractivity contribution in [3.8, 4) is 0 Å². The number of amides is 1. The van der Waals surface area contributed by atoms with E-state index in [0.29, 0.717) is 5.56 Å². The van der Waals surface area contributed by atoms with Crippen LogP contribution >= 0.6 is 0 Å². The van der Waals surface area contributed by atoms with E-state index in [2.05, 4.69) is 18.7 Å². The minimum atomic E-state index is -1.14. The summed E-state index contributed by atoms with van der Waals surface area (Å²) in [4.78, 5) is 14.7. The maximum absolute atomic E-state index is 12.8. The van der Waals surface area contributed by atoms with Crippen LogP contribution in [0.2, 0.25) is 0 Å². The molecule has 3 rings (SSSR count). The van der Waals surface area contributed by atoms with Gasteiger partial charge in [0.25, 0.3) is 5.91 Å². The van der Waals surface area contributed by atoms with Crippen LogP contribution in [-0.2, 0) is 17.9 Å². The Morgan fingerprint density at radius 1 is 1.11 bits per heavy atom. The minimum absolute atomic E-state index is 0.252. The van der Waals surface area contributed by atoms with E-state index in [0.717, 1.165) is 30.1 Å². The van der Waals surface area contributed by atoms with Crippen molar-refractivity contribution in [2.45, 2.75) is 37.4 Å². The third-order valence-corrected chi connectivity index (χ3v) is 6.37. The van der Waals surface area contributed by atoms with E-state index in [4.69, 9.17) is 5.21 Å². The van der Waals surface area contributed by atoms with Gasteiger partial charge >= 0.3 is 0 Å². The van der Waals surface area contributed by atoms with Gasteiger partial charge in [-0.05, 0) is 43.7 Å². The molecule has 0 radical (unpaired) electrons. The first kappa shape index (κ1) is 19.9. The Labute approximate surface area is 163 Å². The molecule has 1 heterocycles. The second-order valence-electron chi connectivity index (χ2n) is 6.92. The normalized spacial score (nSPS) is 22.4. The molecular weight excluding hydrogens is 362 g/mol. The zero-order valence-electron chi connectivity index (χ0n) is 15.5. The van der Waals surface area contributed by atoms with Crippen molar-refractivity contribution in [1.29, 1.82) is 0 Å². The van der Waals surface area contributed by atoms with Gasteiger partial charge in [0.1, 0.15) is 0 Å². The Morgan fingerprint density at radius 3 is 2.26 bits per heavy atom. The van der Waals surface area contributed by atoms with Crippen LogP contribution in [-0.4, -0.2) is 50.0 Å². The lowest BCUT2D eigenvalue weighted by Gasteiger charge is -2.43. The lowest BCUT2D eigenvalue weighted by atomic mass is 10.1. The molecule has 0 saturated carbocycles. The van der Waals surface area contributed by atoms with Crippen molar-refractivity contribution in [2.24, 2.45) is 0 Å². The van der Waals surface area contributed by atoms with Crippen molar-refractivity contribution in [2.75, 3.05) is 13.1 Å². The third kappa shape index (κ3) is 4.69. The molecule has 0 aliphatic carbocycles.